The molecule has 0 aliphatic rings. The topological polar surface area (TPSA) is 51.2 Å². The van der Waals surface area contributed by atoms with Gasteiger partial charge in [-0.3, -0.25) is 14.4 Å². The van der Waals surface area contributed by atoms with E-state index in [0.717, 1.165) is 19.3 Å². The lowest BCUT2D eigenvalue weighted by Crippen LogP contribution is -1.90. The monoisotopic (exact) mass is 294 g/mol. The third-order valence-electron chi connectivity index (χ3n) is 2.77. The molecule has 0 aromatic carbocycles. The summed E-state index contributed by atoms with van der Waals surface area (Å²) in [6.45, 7) is 20.9. The predicted molar refractivity (Wildman–Crippen MR) is 90.3 cm³/mol. The van der Waals surface area contributed by atoms with Gasteiger partial charge in [0.15, 0.2) is 17.3 Å². The van der Waals surface area contributed by atoms with Crippen LogP contribution in [0, 0.1) is 0 Å². The minimum absolute atomic E-state index is 0.0995. The second-order valence-electron chi connectivity index (χ2n) is 4.54. The first-order valence-electron chi connectivity index (χ1n) is 7.11. The average molecular weight is 294 g/mol. The molecule has 0 atom stereocenters. The Hall–Kier alpha value is -1.77. The highest BCUT2D eigenvalue weighted by molar-refractivity contribution is 5.93. The summed E-state index contributed by atoms with van der Waals surface area (Å²) < 4.78 is 0. The first-order valence-corrected chi connectivity index (χ1v) is 7.11. The molecule has 3 nitrogen and oxygen atoms in total. The van der Waals surface area contributed by atoms with Crippen molar-refractivity contribution in [3.05, 3.63) is 36.5 Å². The van der Waals surface area contributed by atoms with Crippen LogP contribution in [0.15, 0.2) is 36.5 Å². The molecule has 21 heavy (non-hydrogen) atoms. The van der Waals surface area contributed by atoms with E-state index in [1.807, 2.05) is 20.8 Å². The van der Waals surface area contributed by atoms with Crippen LogP contribution in [-0.2, 0) is 14.4 Å². The van der Waals surface area contributed by atoms with Gasteiger partial charge in [-0.05, 0) is 56.8 Å². The number of rotatable bonds is 6. The van der Waals surface area contributed by atoms with Gasteiger partial charge in [0.25, 0.3) is 0 Å². The lowest BCUT2D eigenvalue weighted by Gasteiger charge is -1.89. The minimum Gasteiger partial charge on any atom is -0.295 e. The molecule has 0 saturated carbocycles. The molecule has 0 bridgehead atoms. The molecule has 0 N–H and O–H groups in total. The summed E-state index contributed by atoms with van der Waals surface area (Å²) in [6.07, 6.45) is 2.32. The summed E-state index contributed by atoms with van der Waals surface area (Å²) in [6, 6.07) is 0. The van der Waals surface area contributed by atoms with E-state index in [2.05, 4.69) is 19.7 Å². The highest BCUT2D eigenvalue weighted by Crippen LogP contribution is 1.96. The molecule has 0 aliphatic carbocycles. The fraction of sp³-hybridized carbons (Fsp3) is 0.500. The summed E-state index contributed by atoms with van der Waals surface area (Å²) in [7, 11) is 0. The van der Waals surface area contributed by atoms with Crippen LogP contribution in [0.2, 0.25) is 0 Å². The summed E-state index contributed by atoms with van der Waals surface area (Å²) in [4.78, 5) is 30.8. The lowest BCUT2D eigenvalue weighted by molar-refractivity contribution is -0.114. The molecule has 0 unspecified atom stereocenters. The molecule has 0 radical (unpaired) electrons. The highest BCUT2D eigenvalue weighted by atomic mass is 16.1. The number of allylic oxidation sites excluding steroid dienone is 3. The van der Waals surface area contributed by atoms with Gasteiger partial charge in [0.05, 0.1) is 0 Å². The van der Waals surface area contributed by atoms with Crippen LogP contribution in [0.3, 0.4) is 0 Å². The fourth-order valence-corrected chi connectivity index (χ4v) is 0.747. The number of Topliss-reactive ketones (excluding diaryl/α,β-unsaturated/α-hetero) is 3. The maximum atomic E-state index is 10.3. The van der Waals surface area contributed by atoms with E-state index in [1.54, 1.807) is 0 Å². The Kier molecular flexibility index (Phi) is 16.9. The van der Waals surface area contributed by atoms with Crippen LogP contribution in [0.5, 0.6) is 0 Å². The summed E-state index contributed by atoms with van der Waals surface area (Å²) >= 11 is 0. The number of carbonyl (C=O) groups is 3. The first-order chi connectivity index (χ1) is 9.54. The zero-order chi connectivity index (χ0) is 17.6. The van der Waals surface area contributed by atoms with Gasteiger partial charge >= 0.3 is 0 Å². The summed E-state index contributed by atoms with van der Waals surface area (Å²) in [5, 5.41) is 0. The molecular formula is C18H30O3. The molecular weight excluding hydrogens is 264 g/mol. The Labute approximate surface area is 129 Å². The van der Waals surface area contributed by atoms with Gasteiger partial charge in [0, 0.05) is 0 Å². The lowest BCUT2D eigenvalue weighted by atomic mass is 10.2. The number of hydrogen-bond donors (Lipinski definition) is 0. The van der Waals surface area contributed by atoms with E-state index >= 15 is 0 Å². The van der Waals surface area contributed by atoms with Crippen LogP contribution >= 0.6 is 0 Å². The van der Waals surface area contributed by atoms with Crippen LogP contribution in [0.4, 0.5) is 0 Å². The number of carbonyl (C=O) groups excluding carboxylic acids is 3. The third-order valence-corrected chi connectivity index (χ3v) is 2.77. The Bertz CT molecular complexity index is 339. The molecule has 0 aromatic heterocycles. The molecule has 0 heterocycles. The van der Waals surface area contributed by atoms with Gasteiger partial charge in [-0.2, -0.15) is 0 Å². The predicted octanol–water partition coefficient (Wildman–Crippen LogP) is 4.62. The average Bonchev–Trinajstić information content (AvgIpc) is 2.45. The molecule has 120 valence electrons. The third kappa shape index (κ3) is 18.2. The van der Waals surface area contributed by atoms with Gasteiger partial charge in [0.2, 0.25) is 0 Å². The van der Waals surface area contributed by atoms with Crippen molar-refractivity contribution in [3.63, 3.8) is 0 Å². The molecule has 0 spiro atoms. The van der Waals surface area contributed by atoms with Crippen LogP contribution in [0.25, 0.3) is 0 Å². The van der Waals surface area contributed by atoms with Gasteiger partial charge < -0.3 is 0 Å². The SMILES string of the molecule is C=C(CC)C(C)=O.C=C(CC)C(C)=O.C=C(CC)C(C)=O. The van der Waals surface area contributed by atoms with Crippen molar-refractivity contribution in [1.82, 2.24) is 0 Å². The van der Waals surface area contributed by atoms with Crippen LogP contribution in [-0.4, -0.2) is 17.3 Å². The van der Waals surface area contributed by atoms with E-state index in [1.165, 1.54) is 20.8 Å². The van der Waals surface area contributed by atoms with E-state index in [4.69, 9.17) is 0 Å². The normalized spacial score (nSPS) is 8.29. The fourth-order valence-electron chi connectivity index (χ4n) is 0.747. The van der Waals surface area contributed by atoms with Gasteiger partial charge in [-0.15, -0.1) is 0 Å². The Morgan fingerprint density at radius 3 is 0.714 bits per heavy atom. The molecule has 0 aliphatic heterocycles. The van der Waals surface area contributed by atoms with E-state index in [9.17, 15) is 14.4 Å². The largest absolute Gasteiger partial charge is 0.295 e. The van der Waals surface area contributed by atoms with Crippen molar-refractivity contribution in [3.8, 4) is 0 Å². The van der Waals surface area contributed by atoms with Crippen molar-refractivity contribution in [2.45, 2.75) is 60.8 Å². The molecule has 0 saturated heterocycles. The molecule has 0 rings (SSSR count). The van der Waals surface area contributed by atoms with Crippen molar-refractivity contribution in [1.29, 1.82) is 0 Å². The zero-order valence-electron chi connectivity index (χ0n) is 14.5. The Balaban J connectivity index is -0.000000231. The van der Waals surface area contributed by atoms with Crippen molar-refractivity contribution in [2.75, 3.05) is 0 Å². The second kappa shape index (κ2) is 14.6. The van der Waals surface area contributed by atoms with E-state index in [-0.39, 0.29) is 17.3 Å². The highest BCUT2D eigenvalue weighted by Gasteiger charge is 1.93. The number of hydrogen-bond acceptors (Lipinski definition) is 3. The van der Waals surface area contributed by atoms with E-state index < -0.39 is 0 Å². The number of ketones is 3. The molecule has 3 heteroatoms. The maximum Gasteiger partial charge on any atom is 0.155 e. The second-order valence-corrected chi connectivity index (χ2v) is 4.54. The van der Waals surface area contributed by atoms with Crippen molar-refractivity contribution < 1.29 is 14.4 Å². The smallest absolute Gasteiger partial charge is 0.155 e. The standard InChI is InChI=1S/3C6H10O/c3*1-4-5(2)6(3)7/h3*2,4H2,1,3H3. The van der Waals surface area contributed by atoms with Gasteiger partial charge in [-0.25, -0.2) is 0 Å². The molecule has 0 fully saturated rings. The minimum atomic E-state index is 0.0995. The maximum absolute atomic E-state index is 10.3. The van der Waals surface area contributed by atoms with Gasteiger partial charge in [0.1, 0.15) is 0 Å². The van der Waals surface area contributed by atoms with Crippen LogP contribution in [0.1, 0.15) is 60.8 Å². The van der Waals surface area contributed by atoms with Gasteiger partial charge in [-0.1, -0.05) is 40.5 Å². The molecule has 0 aromatic rings. The van der Waals surface area contributed by atoms with Crippen molar-refractivity contribution >= 4 is 17.3 Å². The van der Waals surface area contributed by atoms with Crippen LogP contribution < -0.4 is 0 Å². The quantitative estimate of drug-likeness (QED) is 0.671. The Morgan fingerprint density at radius 1 is 0.571 bits per heavy atom. The summed E-state index contributed by atoms with van der Waals surface area (Å²) in [5.74, 6) is 0.299. The van der Waals surface area contributed by atoms with Crippen molar-refractivity contribution in [2.24, 2.45) is 0 Å². The van der Waals surface area contributed by atoms with E-state index in [0.29, 0.717) is 16.7 Å². The first kappa shape index (κ1) is 24.3. The summed E-state index contributed by atoms with van der Waals surface area (Å²) in [5.41, 5.74) is 2.13. The molecule has 0 amide bonds. The Morgan fingerprint density at radius 2 is 0.714 bits per heavy atom. The zero-order valence-corrected chi connectivity index (χ0v) is 14.5.